The largest absolute Gasteiger partial charge is 0.366 e. The average Bonchev–Trinajstić information content (AvgIpc) is 3.18. The number of carbonyl (C=O) groups is 1. The molecule has 0 unspecified atom stereocenters. The molecule has 0 aliphatic carbocycles. The molecule has 7 nitrogen and oxygen atoms in total. The van der Waals surface area contributed by atoms with Crippen molar-refractivity contribution >= 4 is 17.5 Å². The summed E-state index contributed by atoms with van der Waals surface area (Å²) in [5.41, 5.74) is 4.64. The van der Waals surface area contributed by atoms with E-state index in [0.29, 0.717) is 0 Å². The molecule has 7 heteroatoms. The Morgan fingerprint density at radius 1 is 1.17 bits per heavy atom. The molecule has 1 fully saturated rings. The molecule has 0 spiro atoms. The van der Waals surface area contributed by atoms with E-state index in [0.717, 1.165) is 53.7 Å². The van der Waals surface area contributed by atoms with Crippen molar-refractivity contribution < 1.29 is 4.79 Å². The Labute approximate surface area is 175 Å². The number of fused-ring (bicyclic) bond motifs is 4. The van der Waals surface area contributed by atoms with Gasteiger partial charge in [0.25, 0.3) is 0 Å². The first kappa shape index (κ1) is 18.5. The number of aromatic nitrogens is 3. The Bertz CT molecular complexity index is 1090. The Kier molecular flexibility index (Phi) is 4.58. The van der Waals surface area contributed by atoms with E-state index in [1.54, 1.807) is 12.4 Å². The zero-order valence-corrected chi connectivity index (χ0v) is 17.1. The van der Waals surface area contributed by atoms with Gasteiger partial charge in [0.1, 0.15) is 0 Å². The molecule has 2 amide bonds. The van der Waals surface area contributed by atoms with Gasteiger partial charge in [-0.25, -0.2) is 9.78 Å². The molecular weight excluding hydrogens is 376 g/mol. The summed E-state index contributed by atoms with van der Waals surface area (Å²) in [5.74, 6) is 0.724. The van der Waals surface area contributed by atoms with Crippen LogP contribution in [0.15, 0.2) is 54.9 Å². The molecular formula is C23H24N6O. The van der Waals surface area contributed by atoms with Crippen LogP contribution < -0.4 is 15.1 Å². The summed E-state index contributed by atoms with van der Waals surface area (Å²) in [4.78, 5) is 31.1. The van der Waals surface area contributed by atoms with Crippen LogP contribution >= 0.6 is 0 Å². The lowest BCUT2D eigenvalue weighted by molar-refractivity contribution is 0.241. The van der Waals surface area contributed by atoms with Crippen LogP contribution in [0.3, 0.4) is 0 Å². The second-order valence-corrected chi connectivity index (χ2v) is 7.91. The number of aryl methyl sites for hydroxylation is 1. The third-order valence-electron chi connectivity index (χ3n) is 5.83. The van der Waals surface area contributed by atoms with Crippen molar-refractivity contribution in [1.29, 1.82) is 0 Å². The van der Waals surface area contributed by atoms with Crippen LogP contribution in [0, 0.1) is 6.92 Å². The van der Waals surface area contributed by atoms with Gasteiger partial charge in [-0.1, -0.05) is 6.07 Å². The van der Waals surface area contributed by atoms with Crippen LogP contribution in [-0.4, -0.2) is 40.1 Å². The van der Waals surface area contributed by atoms with Gasteiger partial charge in [-0.05, 0) is 56.7 Å². The number of rotatable bonds is 3. The van der Waals surface area contributed by atoms with E-state index in [1.807, 2.05) is 55.1 Å². The van der Waals surface area contributed by atoms with Crippen LogP contribution in [0.4, 0.5) is 16.3 Å². The minimum atomic E-state index is -0.187. The Morgan fingerprint density at radius 3 is 2.87 bits per heavy atom. The number of hydrogen-bond acceptors (Lipinski definition) is 5. The van der Waals surface area contributed by atoms with Gasteiger partial charge in [0.2, 0.25) is 0 Å². The van der Waals surface area contributed by atoms with Crippen molar-refractivity contribution in [1.82, 2.24) is 20.3 Å². The first-order chi connectivity index (χ1) is 14.6. The first-order valence-corrected chi connectivity index (χ1v) is 10.3. The standard InChI is InChI=1S/C23H24N6O/c1-15-13-17(8-11-24-15)20-6-7-21-22(27-20)29(18-9-12-28(21)14-18)23(30)26-16(2)19-5-3-4-10-25-19/h3-8,10-11,13,16,18H,9,12,14H2,1-2H3,(H,26,30)/t16-,18+/m1/s1. The number of anilines is 2. The lowest BCUT2D eigenvalue weighted by Gasteiger charge is -2.36. The monoisotopic (exact) mass is 400 g/mol. The van der Waals surface area contributed by atoms with E-state index in [4.69, 9.17) is 4.98 Å². The van der Waals surface area contributed by atoms with Gasteiger partial charge in [-0.15, -0.1) is 0 Å². The van der Waals surface area contributed by atoms with E-state index >= 15 is 0 Å². The highest BCUT2D eigenvalue weighted by Gasteiger charge is 2.40. The number of nitrogens with one attached hydrogen (secondary N) is 1. The Balaban J connectivity index is 1.49. The van der Waals surface area contributed by atoms with Gasteiger partial charge in [0.15, 0.2) is 5.82 Å². The van der Waals surface area contributed by atoms with Gasteiger partial charge in [0.05, 0.1) is 29.2 Å². The predicted molar refractivity (Wildman–Crippen MR) is 116 cm³/mol. The van der Waals surface area contributed by atoms with Gasteiger partial charge in [-0.2, -0.15) is 0 Å². The maximum Gasteiger partial charge on any atom is 0.323 e. The normalized spacial score (nSPS) is 18.1. The van der Waals surface area contributed by atoms with E-state index in [1.165, 1.54) is 0 Å². The fraction of sp³-hybridized carbons (Fsp3) is 0.304. The second-order valence-electron chi connectivity index (χ2n) is 7.91. The molecule has 152 valence electrons. The molecule has 3 aromatic rings. The summed E-state index contributed by atoms with van der Waals surface area (Å²) in [6.07, 6.45) is 4.47. The lowest BCUT2D eigenvalue weighted by atomic mass is 10.1. The SMILES string of the molecule is Cc1cc(-c2ccc3c(n2)N(C(=O)N[C@H](C)c2ccccn2)[C@H]2CCN3C2)ccn1. The number of hydrogen-bond donors (Lipinski definition) is 1. The molecule has 2 atom stereocenters. The zero-order valence-electron chi connectivity index (χ0n) is 17.1. The molecule has 5 heterocycles. The molecule has 2 aliphatic heterocycles. The van der Waals surface area contributed by atoms with Gasteiger partial charge < -0.3 is 10.2 Å². The topological polar surface area (TPSA) is 74.2 Å². The number of pyridine rings is 3. The summed E-state index contributed by atoms with van der Waals surface area (Å²) < 4.78 is 0. The lowest BCUT2D eigenvalue weighted by Crippen LogP contribution is -2.51. The molecule has 30 heavy (non-hydrogen) atoms. The van der Waals surface area contributed by atoms with E-state index in [2.05, 4.69) is 26.3 Å². The molecule has 0 saturated carbocycles. The first-order valence-electron chi connectivity index (χ1n) is 10.3. The highest BCUT2D eigenvalue weighted by Crippen LogP contribution is 2.40. The number of amides is 2. The van der Waals surface area contributed by atoms with Crippen molar-refractivity contribution in [3.8, 4) is 11.3 Å². The third-order valence-corrected chi connectivity index (χ3v) is 5.83. The summed E-state index contributed by atoms with van der Waals surface area (Å²) in [6.45, 7) is 5.70. The zero-order chi connectivity index (χ0) is 20.7. The van der Waals surface area contributed by atoms with Crippen molar-refractivity contribution in [3.63, 3.8) is 0 Å². The predicted octanol–water partition coefficient (Wildman–Crippen LogP) is 3.72. The molecule has 0 radical (unpaired) electrons. The molecule has 0 aromatic carbocycles. The van der Waals surface area contributed by atoms with Crippen molar-refractivity contribution in [2.75, 3.05) is 22.9 Å². The average molecular weight is 400 g/mol. The van der Waals surface area contributed by atoms with Gasteiger partial charge in [-0.3, -0.25) is 14.9 Å². The number of urea groups is 1. The van der Waals surface area contributed by atoms with E-state index in [9.17, 15) is 4.79 Å². The summed E-state index contributed by atoms with van der Waals surface area (Å²) in [7, 11) is 0. The third kappa shape index (κ3) is 3.26. The van der Waals surface area contributed by atoms with Gasteiger partial charge in [0, 0.05) is 36.7 Å². The smallest absolute Gasteiger partial charge is 0.323 e. The fourth-order valence-electron chi connectivity index (χ4n) is 4.30. The quantitative estimate of drug-likeness (QED) is 0.725. The molecule has 3 aromatic heterocycles. The number of nitrogens with zero attached hydrogens (tertiary/aromatic N) is 5. The Hall–Kier alpha value is -3.48. The van der Waals surface area contributed by atoms with Crippen LogP contribution in [-0.2, 0) is 0 Å². The van der Waals surface area contributed by atoms with Crippen molar-refractivity contribution in [3.05, 3.63) is 66.2 Å². The number of carbonyl (C=O) groups excluding carboxylic acids is 1. The van der Waals surface area contributed by atoms with E-state index in [-0.39, 0.29) is 18.1 Å². The maximum absolute atomic E-state index is 13.4. The molecule has 1 saturated heterocycles. The molecule has 5 rings (SSSR count). The fourth-order valence-corrected chi connectivity index (χ4v) is 4.30. The van der Waals surface area contributed by atoms with Crippen molar-refractivity contribution in [2.24, 2.45) is 0 Å². The minimum absolute atomic E-state index is 0.121. The van der Waals surface area contributed by atoms with Crippen LogP contribution in [0.25, 0.3) is 11.3 Å². The van der Waals surface area contributed by atoms with Crippen LogP contribution in [0.2, 0.25) is 0 Å². The highest BCUT2D eigenvalue weighted by molar-refractivity contribution is 5.97. The van der Waals surface area contributed by atoms with Gasteiger partial charge >= 0.3 is 6.03 Å². The van der Waals surface area contributed by atoms with Crippen LogP contribution in [0.1, 0.15) is 30.8 Å². The van der Waals surface area contributed by atoms with E-state index < -0.39 is 0 Å². The molecule has 1 N–H and O–H groups in total. The molecule has 2 bridgehead atoms. The summed E-state index contributed by atoms with van der Waals surface area (Å²) >= 11 is 0. The molecule has 2 aliphatic rings. The maximum atomic E-state index is 13.4. The summed E-state index contributed by atoms with van der Waals surface area (Å²) in [6, 6.07) is 13.6. The minimum Gasteiger partial charge on any atom is -0.366 e. The second kappa shape index (κ2) is 7.40. The van der Waals surface area contributed by atoms with Crippen LogP contribution in [0.5, 0.6) is 0 Å². The highest BCUT2D eigenvalue weighted by atomic mass is 16.2. The summed E-state index contributed by atoms with van der Waals surface area (Å²) in [5, 5.41) is 3.11. The van der Waals surface area contributed by atoms with Crippen molar-refractivity contribution in [2.45, 2.75) is 32.4 Å². The Morgan fingerprint density at radius 2 is 2.07 bits per heavy atom.